The van der Waals surface area contributed by atoms with Crippen LogP contribution in [0.2, 0.25) is 0 Å². The Morgan fingerprint density at radius 2 is 1.41 bits per heavy atom. The largest absolute Gasteiger partial charge is 0.496 e. The number of sulfonamides is 1. The molecule has 1 aliphatic heterocycles. The summed E-state index contributed by atoms with van der Waals surface area (Å²) in [5.41, 5.74) is 0. The summed E-state index contributed by atoms with van der Waals surface area (Å²) < 4.78 is 43.0. The molecule has 0 spiro atoms. The smallest absolute Gasteiger partial charge is 0.250 e. The van der Waals surface area contributed by atoms with Crippen molar-refractivity contribution in [1.29, 1.82) is 0 Å². The van der Waals surface area contributed by atoms with Gasteiger partial charge in [-0.25, -0.2) is 8.42 Å². The average molecular weight is 330 g/mol. The highest BCUT2D eigenvalue weighted by molar-refractivity contribution is 7.89. The topological polar surface area (TPSA) is 68.3 Å². The fourth-order valence-electron chi connectivity index (χ4n) is 2.39. The van der Waals surface area contributed by atoms with E-state index in [0.29, 0.717) is 31.9 Å². The third-order valence-corrected chi connectivity index (χ3v) is 5.69. The van der Waals surface area contributed by atoms with Gasteiger partial charge in [-0.05, 0) is 7.05 Å². The predicted octanol–water partition coefficient (Wildman–Crippen LogP) is 0.648. The maximum atomic E-state index is 13.0. The van der Waals surface area contributed by atoms with E-state index in [1.54, 1.807) is 12.1 Å². The molecule has 7 nitrogen and oxygen atoms in total. The second kappa shape index (κ2) is 6.72. The minimum atomic E-state index is -3.69. The van der Waals surface area contributed by atoms with Crippen molar-refractivity contribution in [1.82, 2.24) is 9.21 Å². The van der Waals surface area contributed by atoms with Gasteiger partial charge in [0, 0.05) is 38.3 Å². The number of methoxy groups -OCH3 is 3. The molecule has 0 atom stereocenters. The Bertz CT molecular complexity index is 599. The second-order valence-electron chi connectivity index (χ2n) is 5.07. The summed E-state index contributed by atoms with van der Waals surface area (Å²) in [6, 6.07) is 3.09. The van der Waals surface area contributed by atoms with E-state index in [-0.39, 0.29) is 16.4 Å². The van der Waals surface area contributed by atoms with Gasteiger partial charge >= 0.3 is 0 Å². The van der Waals surface area contributed by atoms with Crippen LogP contribution in [0.15, 0.2) is 17.0 Å². The molecule has 0 aliphatic carbocycles. The van der Waals surface area contributed by atoms with Crippen LogP contribution in [0.4, 0.5) is 0 Å². The van der Waals surface area contributed by atoms with Crippen LogP contribution in [0.3, 0.4) is 0 Å². The minimum absolute atomic E-state index is 0.0443. The van der Waals surface area contributed by atoms with Crippen LogP contribution in [0.25, 0.3) is 0 Å². The van der Waals surface area contributed by atoms with Gasteiger partial charge in [0.15, 0.2) is 4.90 Å². The van der Waals surface area contributed by atoms with Crippen LogP contribution in [-0.2, 0) is 10.0 Å². The van der Waals surface area contributed by atoms with Crippen molar-refractivity contribution < 1.29 is 22.6 Å². The van der Waals surface area contributed by atoms with Gasteiger partial charge in [0.2, 0.25) is 0 Å². The maximum Gasteiger partial charge on any atom is 0.250 e. The lowest BCUT2D eigenvalue weighted by Crippen LogP contribution is -2.47. The number of nitrogens with zero attached hydrogens (tertiary/aromatic N) is 2. The van der Waals surface area contributed by atoms with Crippen molar-refractivity contribution in [2.24, 2.45) is 0 Å². The van der Waals surface area contributed by atoms with Crippen molar-refractivity contribution in [3.05, 3.63) is 12.1 Å². The van der Waals surface area contributed by atoms with Crippen LogP contribution in [-0.4, -0.2) is 72.2 Å². The third-order valence-electron chi connectivity index (χ3n) is 3.73. The SMILES string of the molecule is COc1cc(OC)c(S(=O)(=O)N2CCN(C)CC2)c(OC)c1. The summed E-state index contributed by atoms with van der Waals surface area (Å²) in [4.78, 5) is 2.14. The first-order valence-electron chi connectivity index (χ1n) is 6.92. The summed E-state index contributed by atoms with van der Waals surface area (Å²) in [6.45, 7) is 2.27. The molecule has 8 heteroatoms. The maximum absolute atomic E-state index is 13.0. The first-order valence-corrected chi connectivity index (χ1v) is 8.36. The molecule has 1 saturated heterocycles. The van der Waals surface area contributed by atoms with Crippen molar-refractivity contribution in [2.45, 2.75) is 4.90 Å². The molecule has 0 aromatic heterocycles. The Balaban J connectivity index is 2.49. The summed E-state index contributed by atoms with van der Waals surface area (Å²) >= 11 is 0. The fraction of sp³-hybridized carbons (Fsp3) is 0.571. The molecule has 0 bridgehead atoms. The Kier molecular flexibility index (Phi) is 5.15. The molecule has 0 amide bonds. The second-order valence-corrected chi connectivity index (χ2v) is 6.94. The lowest BCUT2D eigenvalue weighted by molar-refractivity contribution is 0.221. The zero-order chi connectivity index (χ0) is 16.3. The number of ether oxygens (including phenoxy) is 3. The van der Waals surface area contributed by atoms with Crippen LogP contribution in [0.5, 0.6) is 17.2 Å². The summed E-state index contributed by atoms with van der Waals surface area (Å²) in [6.07, 6.45) is 0. The predicted molar refractivity (Wildman–Crippen MR) is 82.4 cm³/mol. The Morgan fingerprint density at radius 3 is 1.82 bits per heavy atom. The van der Waals surface area contributed by atoms with Crippen LogP contribution < -0.4 is 14.2 Å². The summed E-state index contributed by atoms with van der Waals surface area (Å²) in [5.74, 6) is 0.913. The Hall–Kier alpha value is -1.51. The molecule has 0 N–H and O–H groups in total. The van der Waals surface area contributed by atoms with Gasteiger partial charge in [-0.3, -0.25) is 0 Å². The van der Waals surface area contributed by atoms with E-state index < -0.39 is 10.0 Å². The monoisotopic (exact) mass is 330 g/mol. The van der Waals surface area contributed by atoms with Gasteiger partial charge in [-0.2, -0.15) is 4.31 Å². The van der Waals surface area contributed by atoms with Gasteiger partial charge < -0.3 is 19.1 Å². The van der Waals surface area contributed by atoms with Crippen LogP contribution in [0, 0.1) is 0 Å². The molecular formula is C14H22N2O5S. The van der Waals surface area contributed by atoms with E-state index in [1.807, 2.05) is 7.05 Å². The molecule has 22 heavy (non-hydrogen) atoms. The quantitative estimate of drug-likeness (QED) is 0.790. The van der Waals surface area contributed by atoms with Crippen molar-refractivity contribution >= 4 is 10.0 Å². The molecule has 124 valence electrons. The normalized spacial score (nSPS) is 17.3. The molecule has 0 radical (unpaired) electrons. The number of hydrogen-bond acceptors (Lipinski definition) is 6. The lowest BCUT2D eigenvalue weighted by atomic mass is 10.3. The van der Waals surface area contributed by atoms with E-state index in [0.717, 1.165) is 0 Å². The number of likely N-dealkylation sites (N-methyl/N-ethyl adjacent to an activating group) is 1. The highest BCUT2D eigenvalue weighted by Crippen LogP contribution is 2.39. The number of rotatable bonds is 5. The standard InChI is InChI=1S/C14H22N2O5S/c1-15-5-7-16(8-6-15)22(17,18)14-12(20-3)9-11(19-2)10-13(14)21-4/h9-10H,5-8H2,1-4H3. The van der Waals surface area contributed by atoms with Crippen LogP contribution >= 0.6 is 0 Å². The Morgan fingerprint density at radius 1 is 0.909 bits per heavy atom. The molecule has 1 aliphatic rings. The van der Waals surface area contributed by atoms with Gasteiger partial charge in [0.05, 0.1) is 21.3 Å². The highest BCUT2D eigenvalue weighted by atomic mass is 32.2. The third kappa shape index (κ3) is 3.13. The van der Waals surface area contributed by atoms with E-state index in [9.17, 15) is 8.42 Å². The number of hydrogen-bond donors (Lipinski definition) is 0. The van der Waals surface area contributed by atoms with E-state index in [1.165, 1.54) is 25.6 Å². The molecule has 1 heterocycles. The van der Waals surface area contributed by atoms with Gasteiger partial charge in [-0.1, -0.05) is 0 Å². The fourth-order valence-corrected chi connectivity index (χ4v) is 4.08. The average Bonchev–Trinajstić information content (AvgIpc) is 2.53. The minimum Gasteiger partial charge on any atom is -0.496 e. The molecule has 1 aromatic rings. The molecule has 2 rings (SSSR count). The van der Waals surface area contributed by atoms with Gasteiger partial charge in [-0.15, -0.1) is 0 Å². The molecule has 1 fully saturated rings. The van der Waals surface area contributed by atoms with Crippen LogP contribution in [0.1, 0.15) is 0 Å². The van der Waals surface area contributed by atoms with E-state index in [4.69, 9.17) is 14.2 Å². The first-order chi connectivity index (χ1) is 10.4. The number of benzene rings is 1. The molecule has 0 saturated carbocycles. The highest BCUT2D eigenvalue weighted by Gasteiger charge is 2.33. The van der Waals surface area contributed by atoms with Gasteiger partial charge in [0.1, 0.15) is 17.2 Å². The zero-order valence-corrected chi connectivity index (χ0v) is 14.1. The lowest BCUT2D eigenvalue weighted by Gasteiger charge is -2.32. The molecule has 0 unspecified atom stereocenters. The summed E-state index contributed by atoms with van der Waals surface area (Å²) in [5, 5.41) is 0. The number of piperazine rings is 1. The summed E-state index contributed by atoms with van der Waals surface area (Å²) in [7, 11) is 2.63. The molecular weight excluding hydrogens is 308 g/mol. The van der Waals surface area contributed by atoms with E-state index >= 15 is 0 Å². The van der Waals surface area contributed by atoms with Crippen molar-refractivity contribution in [2.75, 3.05) is 54.6 Å². The van der Waals surface area contributed by atoms with Gasteiger partial charge in [0.25, 0.3) is 10.0 Å². The molecule has 1 aromatic carbocycles. The van der Waals surface area contributed by atoms with Crippen molar-refractivity contribution in [3.63, 3.8) is 0 Å². The zero-order valence-electron chi connectivity index (χ0n) is 13.3. The first kappa shape index (κ1) is 16.9. The Labute approximate surface area is 131 Å². The van der Waals surface area contributed by atoms with Crippen molar-refractivity contribution in [3.8, 4) is 17.2 Å². The van der Waals surface area contributed by atoms with E-state index in [2.05, 4.69) is 4.90 Å².